The quantitative estimate of drug-likeness (QED) is 0.851. The van der Waals surface area contributed by atoms with Crippen molar-refractivity contribution < 1.29 is 9.47 Å². The molecule has 2 aliphatic rings. The summed E-state index contributed by atoms with van der Waals surface area (Å²) in [5.41, 5.74) is 1.17. The van der Waals surface area contributed by atoms with Crippen LogP contribution in [0.1, 0.15) is 19.3 Å². The molecule has 1 aliphatic carbocycles. The molecule has 0 spiro atoms. The maximum absolute atomic E-state index is 5.36. The second-order valence-electron chi connectivity index (χ2n) is 3.96. The minimum atomic E-state index is 0.346. The van der Waals surface area contributed by atoms with Crippen LogP contribution in [0.15, 0.2) is 12.1 Å². The molecular weight excluding hydrogens is 305 g/mol. The van der Waals surface area contributed by atoms with Gasteiger partial charge in [-0.1, -0.05) is 0 Å². The van der Waals surface area contributed by atoms with E-state index in [1.165, 1.54) is 28.5 Å². The van der Waals surface area contributed by atoms with Crippen LogP contribution in [0.2, 0.25) is 0 Å². The lowest BCUT2D eigenvalue weighted by Crippen LogP contribution is -2.27. The zero-order chi connectivity index (χ0) is 10.3. The van der Waals surface area contributed by atoms with Gasteiger partial charge in [0.15, 0.2) is 11.5 Å². The Kier molecular flexibility index (Phi) is 2.38. The lowest BCUT2D eigenvalue weighted by Gasteiger charge is -2.28. The highest BCUT2D eigenvalue weighted by Crippen LogP contribution is 2.38. The molecule has 4 heteroatoms. The summed E-state index contributed by atoms with van der Waals surface area (Å²) in [4.78, 5) is 0. The summed E-state index contributed by atoms with van der Waals surface area (Å²) in [5.74, 6) is 1.72. The van der Waals surface area contributed by atoms with Crippen molar-refractivity contribution >= 4 is 28.3 Å². The molecule has 0 bridgehead atoms. The van der Waals surface area contributed by atoms with Gasteiger partial charge in [-0.25, -0.2) is 0 Å². The Morgan fingerprint density at radius 2 is 1.93 bits per heavy atom. The Labute approximate surface area is 102 Å². The zero-order valence-electron chi connectivity index (χ0n) is 8.25. The van der Waals surface area contributed by atoms with E-state index in [1.54, 1.807) is 0 Å². The second kappa shape index (κ2) is 3.73. The maximum Gasteiger partial charge on any atom is 0.231 e. The molecule has 3 rings (SSSR count). The van der Waals surface area contributed by atoms with Crippen molar-refractivity contribution in [2.45, 2.75) is 25.3 Å². The number of rotatable bonds is 2. The number of nitrogens with one attached hydrogen (secondary N) is 1. The average Bonchev–Trinajstić information content (AvgIpc) is 2.58. The average molecular weight is 317 g/mol. The molecule has 0 radical (unpaired) electrons. The fourth-order valence-corrected chi connectivity index (χ4v) is 2.39. The summed E-state index contributed by atoms with van der Waals surface area (Å²) in [6, 6.07) is 4.73. The number of anilines is 1. The highest BCUT2D eigenvalue weighted by molar-refractivity contribution is 14.1. The Bertz CT molecular complexity index is 390. The molecule has 1 heterocycles. The van der Waals surface area contributed by atoms with Gasteiger partial charge < -0.3 is 14.8 Å². The van der Waals surface area contributed by atoms with Crippen LogP contribution in [0, 0.1) is 3.57 Å². The summed E-state index contributed by atoms with van der Waals surface area (Å²) in [5, 5.41) is 3.53. The predicted octanol–water partition coefficient (Wildman–Crippen LogP) is 2.98. The van der Waals surface area contributed by atoms with E-state index in [4.69, 9.17) is 9.47 Å². The molecule has 3 nitrogen and oxygen atoms in total. The van der Waals surface area contributed by atoms with E-state index in [1.807, 2.05) is 12.1 Å². The number of ether oxygens (including phenoxy) is 2. The maximum atomic E-state index is 5.36. The number of benzene rings is 1. The molecule has 1 saturated carbocycles. The smallest absolute Gasteiger partial charge is 0.231 e. The molecule has 0 amide bonds. The molecule has 1 fully saturated rings. The van der Waals surface area contributed by atoms with Gasteiger partial charge >= 0.3 is 0 Å². The molecule has 0 saturated heterocycles. The van der Waals surface area contributed by atoms with Crippen LogP contribution in [0.25, 0.3) is 0 Å². The van der Waals surface area contributed by atoms with Crippen molar-refractivity contribution in [1.82, 2.24) is 0 Å². The van der Waals surface area contributed by atoms with Crippen LogP contribution in [0.4, 0.5) is 5.69 Å². The summed E-state index contributed by atoms with van der Waals surface area (Å²) < 4.78 is 11.9. The zero-order valence-corrected chi connectivity index (χ0v) is 10.4. The van der Waals surface area contributed by atoms with Crippen LogP contribution in [-0.2, 0) is 0 Å². The van der Waals surface area contributed by atoms with Crippen molar-refractivity contribution in [2.75, 3.05) is 12.1 Å². The molecule has 1 aromatic rings. The van der Waals surface area contributed by atoms with Gasteiger partial charge in [-0.2, -0.15) is 0 Å². The largest absolute Gasteiger partial charge is 0.454 e. The summed E-state index contributed by atoms with van der Waals surface area (Å²) in [7, 11) is 0. The van der Waals surface area contributed by atoms with Crippen LogP contribution in [-0.4, -0.2) is 12.8 Å². The van der Waals surface area contributed by atoms with Crippen molar-refractivity contribution in [3.63, 3.8) is 0 Å². The lowest BCUT2D eigenvalue weighted by molar-refractivity contribution is 0.174. The van der Waals surface area contributed by atoms with E-state index >= 15 is 0 Å². The summed E-state index contributed by atoms with van der Waals surface area (Å²) in [6.45, 7) is 0.346. The number of halogens is 1. The fraction of sp³-hybridized carbons (Fsp3) is 0.455. The van der Waals surface area contributed by atoms with Gasteiger partial charge in [0.1, 0.15) is 0 Å². The molecule has 1 aliphatic heterocycles. The van der Waals surface area contributed by atoms with Gasteiger partial charge in [0.2, 0.25) is 6.79 Å². The van der Waals surface area contributed by atoms with E-state index in [0.717, 1.165) is 11.5 Å². The Morgan fingerprint density at radius 1 is 1.20 bits per heavy atom. The topological polar surface area (TPSA) is 30.5 Å². The van der Waals surface area contributed by atoms with E-state index in [2.05, 4.69) is 27.9 Å². The first-order valence-corrected chi connectivity index (χ1v) is 6.26. The molecule has 0 unspecified atom stereocenters. The lowest BCUT2D eigenvalue weighted by atomic mass is 9.93. The summed E-state index contributed by atoms with van der Waals surface area (Å²) >= 11 is 2.33. The van der Waals surface area contributed by atoms with Crippen molar-refractivity contribution in [2.24, 2.45) is 0 Å². The second-order valence-corrected chi connectivity index (χ2v) is 5.12. The van der Waals surface area contributed by atoms with E-state index < -0.39 is 0 Å². The molecule has 0 atom stereocenters. The third kappa shape index (κ3) is 1.75. The molecule has 0 aromatic heterocycles. The molecule has 1 N–H and O–H groups in total. The highest BCUT2D eigenvalue weighted by atomic mass is 127. The number of fused-ring (bicyclic) bond motifs is 1. The molecule has 80 valence electrons. The third-order valence-electron chi connectivity index (χ3n) is 2.93. The first-order valence-electron chi connectivity index (χ1n) is 5.18. The molecule has 1 aromatic carbocycles. The first kappa shape index (κ1) is 9.57. The van der Waals surface area contributed by atoms with Crippen LogP contribution < -0.4 is 14.8 Å². The summed E-state index contributed by atoms with van der Waals surface area (Å²) in [6.07, 6.45) is 3.91. The van der Waals surface area contributed by atoms with Gasteiger partial charge in [0.25, 0.3) is 0 Å². The highest BCUT2D eigenvalue weighted by Gasteiger charge is 2.21. The number of hydrogen-bond acceptors (Lipinski definition) is 3. The Morgan fingerprint density at radius 3 is 2.60 bits per heavy atom. The number of hydrogen-bond donors (Lipinski definition) is 1. The third-order valence-corrected chi connectivity index (χ3v) is 3.82. The van der Waals surface area contributed by atoms with E-state index in [-0.39, 0.29) is 0 Å². The van der Waals surface area contributed by atoms with E-state index in [0.29, 0.717) is 12.8 Å². The normalized spacial score (nSPS) is 18.7. The predicted molar refractivity (Wildman–Crippen MR) is 66.5 cm³/mol. The molecular formula is C11H12INO2. The minimum absolute atomic E-state index is 0.346. The van der Waals surface area contributed by atoms with Crippen molar-refractivity contribution in [3.05, 3.63) is 15.7 Å². The van der Waals surface area contributed by atoms with Gasteiger partial charge in [0, 0.05) is 15.7 Å². The minimum Gasteiger partial charge on any atom is -0.454 e. The van der Waals surface area contributed by atoms with Gasteiger partial charge in [-0.3, -0.25) is 0 Å². The Balaban J connectivity index is 1.86. The molecule has 15 heavy (non-hydrogen) atoms. The van der Waals surface area contributed by atoms with Crippen LogP contribution in [0.5, 0.6) is 11.5 Å². The van der Waals surface area contributed by atoms with Gasteiger partial charge in [0.05, 0.1) is 5.69 Å². The van der Waals surface area contributed by atoms with Gasteiger partial charge in [-0.05, 0) is 47.9 Å². The van der Waals surface area contributed by atoms with Crippen molar-refractivity contribution in [1.29, 1.82) is 0 Å². The van der Waals surface area contributed by atoms with Crippen LogP contribution in [0.3, 0.4) is 0 Å². The standard InChI is InChI=1S/C11H12INO2/c12-8-4-10-11(15-6-14-10)5-9(8)13-7-2-1-3-7/h4-5,7,13H,1-3,6H2. The fourth-order valence-electron chi connectivity index (χ4n) is 1.80. The monoisotopic (exact) mass is 317 g/mol. The van der Waals surface area contributed by atoms with Gasteiger partial charge in [-0.15, -0.1) is 0 Å². The van der Waals surface area contributed by atoms with E-state index in [9.17, 15) is 0 Å². The van der Waals surface area contributed by atoms with Crippen LogP contribution >= 0.6 is 22.6 Å². The Hall–Kier alpha value is -0.650. The SMILES string of the molecule is Ic1cc2c(cc1NC1CCC1)OCO2. The first-order chi connectivity index (χ1) is 7.33. The van der Waals surface area contributed by atoms with Crippen molar-refractivity contribution in [3.8, 4) is 11.5 Å².